The molecule has 0 saturated heterocycles. The Morgan fingerprint density at radius 1 is 1.12 bits per heavy atom. The smallest absolute Gasteiger partial charge is 0.274 e. The van der Waals surface area contributed by atoms with Crippen molar-refractivity contribution < 1.29 is 8.85 Å². The van der Waals surface area contributed by atoms with Crippen molar-refractivity contribution in [1.82, 2.24) is 0 Å². The van der Waals surface area contributed by atoms with Crippen LogP contribution in [0.15, 0.2) is 30.4 Å². The van der Waals surface area contributed by atoms with Crippen molar-refractivity contribution in [1.29, 1.82) is 0 Å². The standard InChI is InChI=1S/C21H35O2Si2/c1-16-9-11-17(12-10-16)19-14-13-18(22-24(5)6)15-20(19)23-25(7,8)21(2,3)4/h13-15,17H,1,9-12H2,2-8H3. The SMILES string of the molecule is C=C1CCC(c2ccc(O[Si](C)C)cc2O[Si](C)(C)C(C)(C)C)CC1. The van der Waals surface area contributed by atoms with Crippen LogP contribution in [-0.2, 0) is 0 Å². The molecule has 0 aliphatic heterocycles. The summed E-state index contributed by atoms with van der Waals surface area (Å²) < 4.78 is 12.8. The third-order valence-electron chi connectivity index (χ3n) is 5.61. The molecule has 0 aromatic heterocycles. The maximum Gasteiger partial charge on any atom is 0.274 e. The Balaban J connectivity index is 2.36. The highest BCUT2D eigenvalue weighted by Crippen LogP contribution is 2.44. The number of hydrogen-bond acceptors (Lipinski definition) is 2. The molecule has 1 aromatic rings. The molecule has 0 atom stereocenters. The molecule has 0 spiro atoms. The van der Waals surface area contributed by atoms with E-state index in [1.54, 1.807) is 0 Å². The van der Waals surface area contributed by atoms with Gasteiger partial charge in [-0.25, -0.2) is 0 Å². The van der Waals surface area contributed by atoms with E-state index in [9.17, 15) is 0 Å². The molecule has 1 saturated carbocycles. The lowest BCUT2D eigenvalue weighted by molar-refractivity contribution is 0.458. The topological polar surface area (TPSA) is 18.5 Å². The first-order valence-electron chi connectivity index (χ1n) is 9.47. The lowest BCUT2D eigenvalue weighted by Gasteiger charge is -2.38. The van der Waals surface area contributed by atoms with Gasteiger partial charge in [0.05, 0.1) is 0 Å². The minimum Gasteiger partial charge on any atom is -0.543 e. The first kappa shape index (κ1) is 20.3. The van der Waals surface area contributed by atoms with Gasteiger partial charge in [0, 0.05) is 6.07 Å². The molecule has 2 rings (SSSR count). The number of allylic oxidation sites excluding steroid dienone is 1. The number of rotatable bonds is 5. The van der Waals surface area contributed by atoms with Gasteiger partial charge >= 0.3 is 0 Å². The first-order chi connectivity index (χ1) is 11.5. The molecular formula is C21H35O2Si2. The van der Waals surface area contributed by atoms with E-state index in [-0.39, 0.29) is 5.04 Å². The van der Waals surface area contributed by atoms with Gasteiger partial charge in [-0.3, -0.25) is 0 Å². The molecule has 0 bridgehead atoms. The molecule has 25 heavy (non-hydrogen) atoms. The van der Waals surface area contributed by atoms with Crippen LogP contribution >= 0.6 is 0 Å². The summed E-state index contributed by atoms with van der Waals surface area (Å²) in [5.41, 5.74) is 2.76. The van der Waals surface area contributed by atoms with Crippen molar-refractivity contribution >= 4 is 17.4 Å². The Labute approximate surface area is 157 Å². The Morgan fingerprint density at radius 3 is 2.24 bits per heavy atom. The van der Waals surface area contributed by atoms with Crippen molar-refractivity contribution in [2.45, 2.75) is 83.6 Å². The van der Waals surface area contributed by atoms with E-state index in [2.05, 4.69) is 71.7 Å². The van der Waals surface area contributed by atoms with E-state index in [1.807, 2.05) is 0 Å². The second kappa shape index (κ2) is 7.71. The van der Waals surface area contributed by atoms with E-state index in [4.69, 9.17) is 8.85 Å². The maximum absolute atomic E-state index is 6.75. The zero-order valence-corrected chi connectivity index (χ0v) is 19.2. The molecule has 1 aromatic carbocycles. The fraction of sp³-hybridized carbons (Fsp3) is 0.619. The molecule has 0 N–H and O–H groups in total. The van der Waals surface area contributed by atoms with Crippen molar-refractivity contribution in [3.05, 3.63) is 35.9 Å². The molecule has 2 nitrogen and oxygen atoms in total. The van der Waals surface area contributed by atoms with Crippen LogP contribution in [0.4, 0.5) is 0 Å². The minimum atomic E-state index is -1.88. The number of benzene rings is 1. The van der Waals surface area contributed by atoms with Gasteiger partial charge in [0.1, 0.15) is 11.5 Å². The fourth-order valence-electron chi connectivity index (χ4n) is 3.00. The number of hydrogen-bond donors (Lipinski definition) is 0. The van der Waals surface area contributed by atoms with Crippen molar-refractivity contribution in [3.8, 4) is 11.5 Å². The fourth-order valence-corrected chi connectivity index (χ4v) is 4.64. The van der Waals surface area contributed by atoms with Gasteiger partial charge in [0.15, 0.2) is 0 Å². The summed E-state index contributed by atoms with van der Waals surface area (Å²) in [6.07, 6.45) is 4.64. The predicted octanol–water partition coefficient (Wildman–Crippen LogP) is 6.91. The Hall–Kier alpha value is -1.01. The molecule has 1 aliphatic rings. The summed E-state index contributed by atoms with van der Waals surface area (Å²) in [7, 11) is -2.66. The van der Waals surface area contributed by atoms with Crippen LogP contribution in [0.3, 0.4) is 0 Å². The molecule has 4 heteroatoms. The molecule has 0 unspecified atom stereocenters. The van der Waals surface area contributed by atoms with Crippen LogP contribution < -0.4 is 8.85 Å². The average molecular weight is 376 g/mol. The van der Waals surface area contributed by atoms with Crippen LogP contribution in [0.25, 0.3) is 0 Å². The molecule has 139 valence electrons. The highest BCUT2D eigenvalue weighted by atomic mass is 28.4. The maximum atomic E-state index is 6.75. The van der Waals surface area contributed by atoms with E-state index in [1.165, 1.54) is 24.0 Å². The first-order valence-corrected chi connectivity index (χ1v) is 14.8. The summed E-state index contributed by atoms with van der Waals surface area (Å²) in [4.78, 5) is 0. The molecule has 0 heterocycles. The average Bonchev–Trinajstić information content (AvgIpc) is 2.46. The summed E-state index contributed by atoms with van der Waals surface area (Å²) in [5, 5.41) is 0.187. The molecule has 1 fully saturated rings. The zero-order chi connectivity index (χ0) is 18.8. The van der Waals surface area contributed by atoms with E-state index in [0.717, 1.165) is 24.3 Å². The second-order valence-electron chi connectivity index (χ2n) is 9.10. The van der Waals surface area contributed by atoms with Gasteiger partial charge in [0.2, 0.25) is 8.32 Å². The van der Waals surface area contributed by atoms with Crippen LogP contribution in [0, 0.1) is 0 Å². The largest absolute Gasteiger partial charge is 0.543 e. The van der Waals surface area contributed by atoms with Gasteiger partial charge < -0.3 is 8.85 Å². The molecular weight excluding hydrogens is 340 g/mol. The van der Waals surface area contributed by atoms with E-state index < -0.39 is 17.4 Å². The lowest BCUT2D eigenvalue weighted by atomic mass is 9.82. The summed E-state index contributed by atoms with van der Waals surface area (Å²) in [6.45, 7) is 20.0. The highest BCUT2D eigenvalue weighted by Gasteiger charge is 2.39. The summed E-state index contributed by atoms with van der Waals surface area (Å²) in [5.74, 6) is 2.59. The quantitative estimate of drug-likeness (QED) is 0.411. The van der Waals surface area contributed by atoms with Crippen LogP contribution in [-0.4, -0.2) is 17.4 Å². The van der Waals surface area contributed by atoms with Gasteiger partial charge in [-0.15, -0.1) is 0 Å². The third-order valence-corrected chi connectivity index (χ3v) is 10.6. The lowest BCUT2D eigenvalue weighted by Crippen LogP contribution is -2.44. The summed E-state index contributed by atoms with van der Waals surface area (Å²) in [6, 6.07) is 6.53. The Morgan fingerprint density at radius 2 is 1.72 bits per heavy atom. The van der Waals surface area contributed by atoms with Crippen LogP contribution in [0.1, 0.15) is 57.9 Å². The Bertz CT molecular complexity index is 605. The van der Waals surface area contributed by atoms with E-state index in [0.29, 0.717) is 5.92 Å². The molecule has 1 radical (unpaired) electrons. The monoisotopic (exact) mass is 375 g/mol. The summed E-state index contributed by atoms with van der Waals surface area (Å²) >= 11 is 0. The normalized spacial score (nSPS) is 17.0. The molecule has 1 aliphatic carbocycles. The van der Waals surface area contributed by atoms with Gasteiger partial charge in [-0.1, -0.05) is 39.0 Å². The van der Waals surface area contributed by atoms with E-state index >= 15 is 0 Å². The van der Waals surface area contributed by atoms with Gasteiger partial charge in [-0.05, 0) is 74.5 Å². The van der Waals surface area contributed by atoms with Crippen molar-refractivity contribution in [3.63, 3.8) is 0 Å². The van der Waals surface area contributed by atoms with Crippen LogP contribution in [0.5, 0.6) is 11.5 Å². The third kappa shape index (κ3) is 5.24. The second-order valence-corrected chi connectivity index (χ2v) is 15.8. The Kier molecular flexibility index (Phi) is 6.26. The van der Waals surface area contributed by atoms with Crippen molar-refractivity contribution in [2.24, 2.45) is 0 Å². The van der Waals surface area contributed by atoms with Crippen molar-refractivity contribution in [2.75, 3.05) is 0 Å². The minimum absolute atomic E-state index is 0.187. The highest BCUT2D eigenvalue weighted by molar-refractivity contribution is 6.74. The predicted molar refractivity (Wildman–Crippen MR) is 113 cm³/mol. The van der Waals surface area contributed by atoms with Gasteiger partial charge in [-0.2, -0.15) is 0 Å². The molecule has 0 amide bonds. The van der Waals surface area contributed by atoms with Crippen LogP contribution in [0.2, 0.25) is 31.2 Å². The zero-order valence-electron chi connectivity index (χ0n) is 17.2. The van der Waals surface area contributed by atoms with Gasteiger partial charge in [0.25, 0.3) is 9.04 Å².